The lowest BCUT2D eigenvalue weighted by atomic mass is 10.2. The molecule has 0 spiro atoms. The Morgan fingerprint density at radius 1 is 1.33 bits per heavy atom. The highest BCUT2D eigenvalue weighted by molar-refractivity contribution is 5.93. The molecule has 130 valence electrons. The van der Waals surface area contributed by atoms with Crippen molar-refractivity contribution in [2.45, 2.75) is 32.4 Å². The second-order valence-corrected chi connectivity index (χ2v) is 7.31. The van der Waals surface area contributed by atoms with E-state index in [9.17, 15) is 19.5 Å². The number of likely N-dealkylation sites (tertiary alicyclic amines) is 1. The molecule has 1 aromatic rings. The van der Waals surface area contributed by atoms with Crippen molar-refractivity contribution >= 4 is 17.7 Å². The fourth-order valence-electron chi connectivity index (χ4n) is 3.16. The average Bonchev–Trinajstić information content (AvgIpc) is 2.90. The fraction of sp³-hybridized carbons (Fsp3) is 0.562. The van der Waals surface area contributed by atoms with Gasteiger partial charge < -0.3 is 25.0 Å². The molecular weight excluding hydrogens is 314 g/mol. The molecule has 0 bridgehead atoms. The summed E-state index contributed by atoms with van der Waals surface area (Å²) >= 11 is 0. The second kappa shape index (κ2) is 5.54. The maximum Gasteiger partial charge on any atom is 0.410 e. The van der Waals surface area contributed by atoms with Gasteiger partial charge in [-0.25, -0.2) is 9.59 Å². The first-order valence-corrected chi connectivity index (χ1v) is 7.86. The third-order valence-corrected chi connectivity index (χ3v) is 4.32. The number of hydrogen-bond acceptors (Lipinski definition) is 5. The highest BCUT2D eigenvalue weighted by Crippen LogP contribution is 2.47. The molecule has 2 fully saturated rings. The van der Waals surface area contributed by atoms with Crippen LogP contribution in [0.15, 0.2) is 17.1 Å². The number of carbonyl (C=O) groups excluding carboxylic acids is 1. The summed E-state index contributed by atoms with van der Waals surface area (Å²) in [6.07, 6.45) is 0.869. The monoisotopic (exact) mass is 335 g/mol. The van der Waals surface area contributed by atoms with E-state index >= 15 is 0 Å². The van der Waals surface area contributed by atoms with Crippen LogP contribution in [-0.4, -0.2) is 51.8 Å². The SMILES string of the molecule is CC(C)(C)OC(=O)N1C[C@@H]2C(Nc3cc(=O)[nH]cc3C(=O)O)[C@@H]2C1. The Hall–Kier alpha value is -2.51. The number of ether oxygens (including phenoxy) is 1. The lowest BCUT2D eigenvalue weighted by Crippen LogP contribution is -2.38. The van der Waals surface area contributed by atoms with Gasteiger partial charge in [0, 0.05) is 43.2 Å². The minimum atomic E-state index is -1.10. The smallest absolute Gasteiger partial charge is 0.410 e. The minimum Gasteiger partial charge on any atom is -0.478 e. The molecule has 0 radical (unpaired) electrons. The van der Waals surface area contributed by atoms with Gasteiger partial charge in [0.15, 0.2) is 0 Å². The van der Waals surface area contributed by atoms with Crippen molar-refractivity contribution in [3.8, 4) is 0 Å². The Balaban J connectivity index is 1.61. The number of pyridine rings is 1. The largest absolute Gasteiger partial charge is 0.478 e. The van der Waals surface area contributed by atoms with E-state index in [4.69, 9.17) is 4.74 Å². The Labute approximate surface area is 138 Å². The normalized spacial score (nSPS) is 25.1. The third-order valence-electron chi connectivity index (χ3n) is 4.32. The van der Waals surface area contributed by atoms with Gasteiger partial charge in [-0.15, -0.1) is 0 Å². The van der Waals surface area contributed by atoms with E-state index in [2.05, 4.69) is 10.3 Å². The van der Waals surface area contributed by atoms with E-state index in [1.165, 1.54) is 12.3 Å². The molecule has 1 aliphatic heterocycles. The van der Waals surface area contributed by atoms with Gasteiger partial charge in [-0.2, -0.15) is 0 Å². The van der Waals surface area contributed by atoms with Crippen LogP contribution in [0.3, 0.4) is 0 Å². The number of fused-ring (bicyclic) bond motifs is 1. The van der Waals surface area contributed by atoms with Gasteiger partial charge in [-0.05, 0) is 20.8 Å². The van der Waals surface area contributed by atoms with Crippen LogP contribution in [0.4, 0.5) is 10.5 Å². The van der Waals surface area contributed by atoms with Gasteiger partial charge in [0.1, 0.15) is 5.60 Å². The molecule has 3 rings (SSSR count). The van der Waals surface area contributed by atoms with Crippen molar-refractivity contribution in [3.63, 3.8) is 0 Å². The number of nitrogens with one attached hydrogen (secondary N) is 2. The molecule has 1 amide bonds. The third kappa shape index (κ3) is 3.22. The summed E-state index contributed by atoms with van der Waals surface area (Å²) in [7, 11) is 0. The quantitative estimate of drug-likeness (QED) is 0.769. The van der Waals surface area contributed by atoms with E-state index in [1.54, 1.807) is 4.90 Å². The van der Waals surface area contributed by atoms with Gasteiger partial charge >= 0.3 is 12.1 Å². The van der Waals surface area contributed by atoms with Crippen molar-refractivity contribution in [2.75, 3.05) is 18.4 Å². The van der Waals surface area contributed by atoms with Crippen molar-refractivity contribution < 1.29 is 19.4 Å². The number of aromatic carboxylic acids is 1. The molecule has 2 aliphatic rings. The number of hydrogen-bond donors (Lipinski definition) is 3. The zero-order valence-electron chi connectivity index (χ0n) is 13.8. The van der Waals surface area contributed by atoms with Crippen LogP contribution < -0.4 is 10.9 Å². The molecule has 1 unspecified atom stereocenters. The topological polar surface area (TPSA) is 112 Å². The van der Waals surface area contributed by atoms with Crippen LogP contribution in [0.1, 0.15) is 31.1 Å². The number of anilines is 1. The number of nitrogens with zero attached hydrogens (tertiary/aromatic N) is 1. The summed E-state index contributed by atoms with van der Waals surface area (Å²) in [6.45, 7) is 6.62. The van der Waals surface area contributed by atoms with Crippen LogP contribution in [-0.2, 0) is 4.74 Å². The molecule has 8 heteroatoms. The Bertz CT molecular complexity index is 724. The number of carboxylic acids is 1. The Morgan fingerprint density at radius 3 is 2.50 bits per heavy atom. The summed E-state index contributed by atoms with van der Waals surface area (Å²) < 4.78 is 5.35. The molecule has 3 atom stereocenters. The van der Waals surface area contributed by atoms with Crippen molar-refractivity contribution in [3.05, 3.63) is 28.2 Å². The van der Waals surface area contributed by atoms with Gasteiger partial charge in [0.2, 0.25) is 5.56 Å². The van der Waals surface area contributed by atoms with Crippen molar-refractivity contribution in [2.24, 2.45) is 11.8 Å². The molecular formula is C16H21N3O5. The number of aromatic amines is 1. The van der Waals surface area contributed by atoms with E-state index in [0.717, 1.165) is 0 Å². The van der Waals surface area contributed by atoms with E-state index in [-0.39, 0.29) is 35.1 Å². The zero-order valence-corrected chi connectivity index (χ0v) is 13.8. The number of carboxylic acid groups (broad SMARTS) is 1. The standard InChI is InChI=1S/C16H21N3O5/c1-16(2,3)24-15(23)19-6-9-10(7-19)13(9)18-11-4-12(20)17-5-8(11)14(21)22/h4-5,9-10,13H,6-7H2,1-3H3,(H,21,22)(H2,17,18,20)/t9-,10+,13?. The van der Waals surface area contributed by atoms with Crippen LogP contribution >= 0.6 is 0 Å². The number of amides is 1. The first-order valence-electron chi connectivity index (χ1n) is 7.86. The fourth-order valence-corrected chi connectivity index (χ4v) is 3.16. The van der Waals surface area contributed by atoms with Crippen LogP contribution in [0.25, 0.3) is 0 Å². The lowest BCUT2D eigenvalue weighted by Gasteiger charge is -2.26. The van der Waals surface area contributed by atoms with Crippen LogP contribution in [0.5, 0.6) is 0 Å². The molecule has 2 heterocycles. The molecule has 24 heavy (non-hydrogen) atoms. The molecule has 1 aromatic heterocycles. The highest BCUT2D eigenvalue weighted by atomic mass is 16.6. The van der Waals surface area contributed by atoms with Gasteiger partial charge in [-0.1, -0.05) is 0 Å². The number of rotatable bonds is 3. The summed E-state index contributed by atoms with van der Waals surface area (Å²) in [5.41, 5.74) is -0.537. The maximum atomic E-state index is 12.0. The van der Waals surface area contributed by atoms with Gasteiger partial charge in [-0.3, -0.25) is 4.79 Å². The molecule has 3 N–H and O–H groups in total. The number of aromatic nitrogens is 1. The van der Waals surface area contributed by atoms with E-state index in [0.29, 0.717) is 18.8 Å². The summed E-state index contributed by atoms with van der Waals surface area (Å²) in [6, 6.07) is 1.33. The summed E-state index contributed by atoms with van der Waals surface area (Å²) in [5, 5.41) is 12.3. The molecule has 8 nitrogen and oxygen atoms in total. The predicted octanol–water partition coefficient (Wildman–Crippen LogP) is 1.35. The number of carbonyl (C=O) groups is 2. The second-order valence-electron chi connectivity index (χ2n) is 7.31. The van der Waals surface area contributed by atoms with Gasteiger partial charge in [0.05, 0.1) is 11.3 Å². The van der Waals surface area contributed by atoms with E-state index < -0.39 is 11.6 Å². The van der Waals surface area contributed by atoms with Crippen LogP contribution in [0, 0.1) is 11.8 Å². The first-order chi connectivity index (χ1) is 11.2. The van der Waals surface area contributed by atoms with Crippen molar-refractivity contribution in [1.29, 1.82) is 0 Å². The zero-order chi connectivity index (χ0) is 17.6. The first kappa shape index (κ1) is 16.4. The molecule has 1 saturated carbocycles. The Morgan fingerprint density at radius 2 is 1.96 bits per heavy atom. The summed E-state index contributed by atoms with van der Waals surface area (Å²) in [4.78, 5) is 38.7. The van der Waals surface area contributed by atoms with E-state index in [1.807, 2.05) is 20.8 Å². The van der Waals surface area contributed by atoms with Gasteiger partial charge in [0.25, 0.3) is 0 Å². The predicted molar refractivity (Wildman–Crippen MR) is 86.2 cm³/mol. The van der Waals surface area contributed by atoms with Crippen LogP contribution in [0.2, 0.25) is 0 Å². The molecule has 0 aromatic carbocycles. The number of piperidine rings is 1. The Kier molecular flexibility index (Phi) is 3.77. The molecule has 1 saturated heterocycles. The minimum absolute atomic E-state index is 0.0311. The average molecular weight is 335 g/mol. The summed E-state index contributed by atoms with van der Waals surface area (Å²) in [5.74, 6) is -0.605. The number of H-pyrrole nitrogens is 1. The molecule has 1 aliphatic carbocycles. The van der Waals surface area contributed by atoms with Crippen molar-refractivity contribution in [1.82, 2.24) is 9.88 Å². The highest BCUT2D eigenvalue weighted by Gasteiger charge is 2.57. The lowest BCUT2D eigenvalue weighted by molar-refractivity contribution is 0.0272. The maximum absolute atomic E-state index is 12.0.